The Balaban J connectivity index is 2.32. The van der Waals surface area contributed by atoms with E-state index < -0.39 is 20.0 Å². The van der Waals surface area contributed by atoms with Crippen molar-refractivity contribution >= 4 is 55.2 Å². The summed E-state index contributed by atoms with van der Waals surface area (Å²) in [6.45, 7) is 4.10. The average Bonchev–Trinajstić information content (AvgIpc) is 2.60. The first-order valence-corrected chi connectivity index (χ1v) is 16.8. The fourth-order valence-corrected chi connectivity index (χ4v) is 14.1. The number of nitrogens with one attached hydrogen (secondary N) is 2. The van der Waals surface area contributed by atoms with Gasteiger partial charge in [0.25, 0.3) is 0 Å². The van der Waals surface area contributed by atoms with Crippen LogP contribution < -0.4 is 18.4 Å². The van der Waals surface area contributed by atoms with E-state index in [1.165, 1.54) is 0 Å². The Bertz CT molecular complexity index is 884. The van der Waals surface area contributed by atoms with Crippen molar-refractivity contribution in [3.63, 3.8) is 0 Å². The minimum absolute atomic E-state index is 0.177. The van der Waals surface area contributed by atoms with Crippen molar-refractivity contribution in [3.8, 4) is 0 Å². The zero-order valence-corrected chi connectivity index (χ0v) is 19.4. The second-order valence-electron chi connectivity index (χ2n) is 5.06. The van der Waals surface area contributed by atoms with Gasteiger partial charge in [-0.05, 0) is 0 Å². The van der Waals surface area contributed by atoms with Crippen molar-refractivity contribution in [2.24, 2.45) is 0 Å². The zero-order valence-electron chi connectivity index (χ0n) is 14.3. The Morgan fingerprint density at radius 1 is 0.692 bits per heavy atom. The third kappa shape index (κ3) is 5.40. The van der Waals surface area contributed by atoms with Crippen molar-refractivity contribution in [2.45, 2.75) is 23.6 Å². The van der Waals surface area contributed by atoms with Crippen LogP contribution in [0.4, 0.5) is 0 Å². The van der Waals surface area contributed by atoms with Crippen molar-refractivity contribution in [3.05, 3.63) is 48.5 Å². The first-order chi connectivity index (χ1) is 12.3. The Kier molecular flexibility index (Phi) is 7.88. The SMILES string of the molecule is CCNS(=O)(=O)c1ccccc1[Se][Se]c1ccccc1S(=O)(=O)NCC. The molecule has 0 bridgehead atoms. The zero-order chi connectivity index (χ0) is 19.2. The van der Waals surface area contributed by atoms with Crippen LogP contribution in [-0.2, 0) is 20.0 Å². The number of sulfonamides is 2. The molecule has 2 aromatic carbocycles. The molecule has 142 valence electrons. The molecule has 0 aliphatic carbocycles. The molecule has 10 heteroatoms. The maximum absolute atomic E-state index is 12.4. The molecule has 6 nitrogen and oxygen atoms in total. The predicted octanol–water partition coefficient (Wildman–Crippen LogP) is -0.443. The van der Waals surface area contributed by atoms with Gasteiger partial charge in [-0.1, -0.05) is 0 Å². The molecule has 0 radical (unpaired) electrons. The molecule has 0 saturated carbocycles. The fourth-order valence-electron chi connectivity index (χ4n) is 2.11. The van der Waals surface area contributed by atoms with Crippen LogP contribution >= 0.6 is 0 Å². The van der Waals surface area contributed by atoms with Crippen molar-refractivity contribution in [2.75, 3.05) is 13.1 Å². The third-order valence-corrected chi connectivity index (χ3v) is 14.2. The van der Waals surface area contributed by atoms with Gasteiger partial charge in [-0.15, -0.1) is 0 Å². The van der Waals surface area contributed by atoms with Crippen LogP contribution in [0.15, 0.2) is 58.3 Å². The van der Waals surface area contributed by atoms with E-state index in [0.717, 1.165) is 8.92 Å². The Hall–Kier alpha value is -0.701. The normalized spacial score (nSPS) is 12.2. The Labute approximate surface area is 166 Å². The van der Waals surface area contributed by atoms with Crippen LogP contribution in [0.25, 0.3) is 0 Å². The summed E-state index contributed by atoms with van der Waals surface area (Å²) in [5.74, 6) is 0. The molecule has 26 heavy (non-hydrogen) atoms. The van der Waals surface area contributed by atoms with Gasteiger partial charge in [-0.2, -0.15) is 0 Å². The molecule has 0 amide bonds. The molecule has 0 aliphatic heterocycles. The Morgan fingerprint density at radius 2 is 1.04 bits per heavy atom. The monoisotopic (exact) mass is 528 g/mol. The van der Waals surface area contributed by atoms with E-state index in [1.807, 2.05) is 0 Å². The van der Waals surface area contributed by atoms with Gasteiger partial charge in [-0.25, -0.2) is 0 Å². The van der Waals surface area contributed by atoms with Crippen LogP contribution in [0, 0.1) is 0 Å². The van der Waals surface area contributed by atoms with Crippen LogP contribution in [0.3, 0.4) is 0 Å². The van der Waals surface area contributed by atoms with Gasteiger partial charge in [0.2, 0.25) is 0 Å². The van der Waals surface area contributed by atoms with Crippen LogP contribution in [-0.4, -0.2) is 56.2 Å². The number of hydrogen-bond acceptors (Lipinski definition) is 4. The molecule has 0 heterocycles. The maximum atomic E-state index is 12.4. The molecule has 0 saturated heterocycles. The molecule has 2 aromatic rings. The van der Waals surface area contributed by atoms with Crippen molar-refractivity contribution < 1.29 is 16.8 Å². The van der Waals surface area contributed by atoms with Gasteiger partial charge in [0.1, 0.15) is 0 Å². The summed E-state index contributed by atoms with van der Waals surface area (Å²) in [7, 11) is -7.09. The topological polar surface area (TPSA) is 92.3 Å². The number of benzene rings is 2. The molecule has 2 N–H and O–H groups in total. The van der Waals surface area contributed by atoms with E-state index in [0.29, 0.717) is 13.1 Å². The summed E-state index contributed by atoms with van der Waals surface area (Å²) in [6.07, 6.45) is 0. The van der Waals surface area contributed by atoms with Gasteiger partial charge in [0.05, 0.1) is 0 Å². The number of hydrogen-bond donors (Lipinski definition) is 2. The van der Waals surface area contributed by atoms with E-state index in [1.54, 1.807) is 62.4 Å². The quantitative estimate of drug-likeness (QED) is 0.434. The van der Waals surface area contributed by atoms with E-state index in [9.17, 15) is 16.8 Å². The molecule has 0 aliphatic rings. The number of rotatable bonds is 9. The summed E-state index contributed by atoms with van der Waals surface area (Å²) in [6, 6.07) is 13.8. The fraction of sp³-hybridized carbons (Fsp3) is 0.250. The molecule has 0 unspecified atom stereocenters. The van der Waals surface area contributed by atoms with Gasteiger partial charge in [-0.3, -0.25) is 0 Å². The van der Waals surface area contributed by atoms with Gasteiger partial charge >= 0.3 is 167 Å². The standard InChI is InChI=1S/C16H20N2O4S2Se2/c1-3-17-23(19,20)13-9-5-7-11-15(13)25-26-16-12-8-6-10-14(16)24(21,22)18-4-2/h5-12,17-18H,3-4H2,1-2H3. The van der Waals surface area contributed by atoms with Crippen LogP contribution in [0.2, 0.25) is 0 Å². The minimum atomic E-state index is -3.55. The summed E-state index contributed by atoms with van der Waals surface area (Å²) < 4.78 is 56.0. The first-order valence-electron chi connectivity index (χ1n) is 7.83. The summed E-state index contributed by atoms with van der Waals surface area (Å²) in [4.78, 5) is 0.548. The van der Waals surface area contributed by atoms with Crippen LogP contribution in [0.1, 0.15) is 13.8 Å². The summed E-state index contributed by atoms with van der Waals surface area (Å²) in [5, 5.41) is 0. The van der Waals surface area contributed by atoms with Gasteiger partial charge in [0.15, 0.2) is 0 Å². The second-order valence-corrected chi connectivity index (χ2v) is 14.7. The molecule has 0 fully saturated rings. The van der Waals surface area contributed by atoms with E-state index >= 15 is 0 Å². The first kappa shape index (κ1) is 21.6. The third-order valence-electron chi connectivity index (χ3n) is 3.17. The summed E-state index contributed by atoms with van der Waals surface area (Å²) >= 11 is -0.353. The average molecular weight is 526 g/mol. The van der Waals surface area contributed by atoms with Gasteiger partial charge in [0, 0.05) is 0 Å². The molecular weight excluding hydrogens is 506 g/mol. The van der Waals surface area contributed by atoms with Gasteiger partial charge < -0.3 is 0 Å². The molecular formula is C16H20N2O4S2Se2. The van der Waals surface area contributed by atoms with Crippen LogP contribution in [0.5, 0.6) is 0 Å². The van der Waals surface area contributed by atoms with Crippen molar-refractivity contribution in [1.82, 2.24) is 9.44 Å². The van der Waals surface area contributed by atoms with E-state index in [2.05, 4.69) is 9.44 Å². The Morgan fingerprint density at radius 3 is 1.38 bits per heavy atom. The second kappa shape index (κ2) is 9.48. The molecule has 0 spiro atoms. The van der Waals surface area contributed by atoms with E-state index in [-0.39, 0.29) is 36.1 Å². The molecule has 2 rings (SSSR count). The molecule has 0 aromatic heterocycles. The predicted molar refractivity (Wildman–Crippen MR) is 105 cm³/mol. The summed E-state index contributed by atoms with van der Waals surface area (Å²) in [5.41, 5.74) is 0. The van der Waals surface area contributed by atoms with E-state index in [4.69, 9.17) is 0 Å². The molecule has 0 atom stereocenters. The van der Waals surface area contributed by atoms with Crippen molar-refractivity contribution in [1.29, 1.82) is 0 Å².